The summed E-state index contributed by atoms with van der Waals surface area (Å²) in [6, 6.07) is 86.6. The lowest BCUT2D eigenvalue weighted by Gasteiger charge is -2.31. The van der Waals surface area contributed by atoms with Crippen LogP contribution in [0.2, 0.25) is 0 Å². The summed E-state index contributed by atoms with van der Waals surface area (Å²) < 4.78 is 16.4. The van der Waals surface area contributed by atoms with E-state index >= 15 is 0 Å². The lowest BCUT2D eigenvalue weighted by Crippen LogP contribution is -2.13. The smallest absolute Gasteiger partial charge is 0.159 e. The molecule has 14 rings (SSSR count). The number of anilines is 6. The number of hydrogen-bond acceptors (Lipinski definition) is 5. The second kappa shape index (κ2) is 15.9. The third-order valence-corrected chi connectivity index (χ3v) is 14.9. The van der Waals surface area contributed by atoms with E-state index in [9.17, 15) is 0 Å². The monoisotopic (exact) mass is 900 g/mol. The van der Waals surface area contributed by atoms with Gasteiger partial charge in [-0.3, -0.25) is 0 Å². The summed E-state index contributed by atoms with van der Waals surface area (Å²) in [5.74, 6) is 1.62. The summed E-state index contributed by atoms with van der Waals surface area (Å²) in [6.45, 7) is 0. The molecule has 0 radical (unpaired) electrons. The molecule has 1 aliphatic rings. The van der Waals surface area contributed by atoms with Crippen LogP contribution in [0.5, 0.6) is 11.5 Å². The van der Waals surface area contributed by atoms with Crippen LogP contribution in [-0.4, -0.2) is 0 Å². The van der Waals surface area contributed by atoms with E-state index in [0.717, 1.165) is 112 Å². The molecule has 1 aliphatic heterocycles. The summed E-state index contributed by atoms with van der Waals surface area (Å²) >= 11 is 1.84. The zero-order chi connectivity index (χ0) is 45.4. The maximum atomic E-state index is 7.15. The molecular formula is C64H40N2O2S. The van der Waals surface area contributed by atoms with E-state index in [2.05, 4.69) is 246 Å². The molecule has 0 N–H and O–H groups in total. The highest BCUT2D eigenvalue weighted by atomic mass is 32.1. The zero-order valence-electron chi connectivity index (χ0n) is 37.2. The Morgan fingerprint density at radius 3 is 1.70 bits per heavy atom. The number of fused-ring (bicyclic) bond motifs is 8. The minimum absolute atomic E-state index is 0.810. The van der Waals surface area contributed by atoms with E-state index in [-0.39, 0.29) is 0 Å². The van der Waals surface area contributed by atoms with Crippen LogP contribution < -0.4 is 14.5 Å². The summed E-state index contributed by atoms with van der Waals surface area (Å²) in [7, 11) is 0. The molecule has 0 spiro atoms. The van der Waals surface area contributed by atoms with E-state index in [1.165, 1.54) is 20.2 Å². The molecule has 0 amide bonds. The molecule has 0 atom stereocenters. The standard InChI is InChI=1S/C64H40N2O2S/c1-3-18-41(19-4-1)44-22-7-11-29-53(44)65(57-32-16-27-51-48-25-10-14-35-61(48)69-64(51)57)43-36-37-47-49-38-39-55(52-28-17-34-59(62(49)52)67-60(47)40-43)66(54-30-12-8-23-45(54)42-20-5-2-6-21-42)56-31-15-26-50-46-24-9-13-33-58(46)68-63(50)56/h1-40H. The molecular weight excluding hydrogens is 861 g/mol. The van der Waals surface area contributed by atoms with Gasteiger partial charge in [0.2, 0.25) is 0 Å². The van der Waals surface area contributed by atoms with Gasteiger partial charge in [-0.2, -0.15) is 0 Å². The SMILES string of the molecule is c1ccc(-c2ccccc2N(c2ccc3c4c(cccc24)Oc2cc(N(c4ccccc4-c4ccccc4)c4cccc5c4sc4ccccc45)ccc2-3)c2cccc3c2oc2ccccc23)cc1. The molecule has 0 saturated heterocycles. The summed E-state index contributed by atoms with van der Waals surface area (Å²) in [5, 5.41) is 6.82. The Labute approximate surface area is 402 Å². The second-order valence-electron chi connectivity index (χ2n) is 17.5. The van der Waals surface area contributed by atoms with Gasteiger partial charge in [0.15, 0.2) is 5.58 Å². The predicted molar refractivity (Wildman–Crippen MR) is 290 cm³/mol. The van der Waals surface area contributed by atoms with Gasteiger partial charge in [0, 0.05) is 65.5 Å². The van der Waals surface area contributed by atoms with Gasteiger partial charge in [-0.25, -0.2) is 0 Å². The fourth-order valence-electron chi connectivity index (χ4n) is 10.6. The number of ether oxygens (including phenoxy) is 1. The molecule has 0 bridgehead atoms. The normalized spacial score (nSPS) is 11.9. The van der Waals surface area contributed by atoms with Gasteiger partial charge in [0.25, 0.3) is 0 Å². The first-order chi connectivity index (χ1) is 34.2. The van der Waals surface area contributed by atoms with Crippen molar-refractivity contribution in [1.29, 1.82) is 0 Å². The maximum Gasteiger partial charge on any atom is 0.159 e. The van der Waals surface area contributed by atoms with Crippen molar-refractivity contribution in [3.05, 3.63) is 243 Å². The van der Waals surface area contributed by atoms with Crippen LogP contribution in [0.3, 0.4) is 0 Å². The summed E-state index contributed by atoms with van der Waals surface area (Å²) in [4.78, 5) is 4.80. The van der Waals surface area contributed by atoms with Crippen LogP contribution in [0.1, 0.15) is 0 Å². The fourth-order valence-corrected chi connectivity index (χ4v) is 11.8. The van der Waals surface area contributed by atoms with E-state index in [1.54, 1.807) is 0 Å². The van der Waals surface area contributed by atoms with Crippen molar-refractivity contribution in [1.82, 2.24) is 0 Å². The van der Waals surface area contributed by atoms with Gasteiger partial charge >= 0.3 is 0 Å². The van der Waals surface area contributed by atoms with Crippen LogP contribution in [0.15, 0.2) is 247 Å². The fraction of sp³-hybridized carbons (Fsp3) is 0. The van der Waals surface area contributed by atoms with E-state index < -0.39 is 0 Å². The van der Waals surface area contributed by atoms with Crippen molar-refractivity contribution in [2.45, 2.75) is 0 Å². The van der Waals surface area contributed by atoms with Gasteiger partial charge in [-0.1, -0.05) is 176 Å². The van der Waals surface area contributed by atoms with Crippen molar-refractivity contribution in [2.24, 2.45) is 0 Å². The summed E-state index contributed by atoms with van der Waals surface area (Å²) in [5.41, 5.74) is 14.7. The Kier molecular flexibility index (Phi) is 9.04. The minimum Gasteiger partial charge on any atom is -0.456 e. The van der Waals surface area contributed by atoms with Gasteiger partial charge in [0.05, 0.1) is 33.1 Å². The lowest BCUT2D eigenvalue weighted by atomic mass is 9.92. The summed E-state index contributed by atoms with van der Waals surface area (Å²) in [6.07, 6.45) is 0. The molecule has 0 fully saturated rings. The van der Waals surface area contributed by atoms with Crippen LogP contribution in [0.25, 0.3) is 86.3 Å². The molecule has 2 aromatic heterocycles. The number of benzene rings is 11. The number of rotatable bonds is 8. The molecule has 3 heterocycles. The van der Waals surface area contributed by atoms with Gasteiger partial charge in [-0.15, -0.1) is 11.3 Å². The zero-order valence-corrected chi connectivity index (χ0v) is 38.0. The Morgan fingerprint density at radius 1 is 0.333 bits per heavy atom. The highest BCUT2D eigenvalue weighted by molar-refractivity contribution is 7.26. The van der Waals surface area contributed by atoms with E-state index in [1.807, 2.05) is 17.4 Å². The molecule has 4 nitrogen and oxygen atoms in total. The first-order valence-electron chi connectivity index (χ1n) is 23.3. The predicted octanol–water partition coefficient (Wildman–Crippen LogP) is 19.2. The van der Waals surface area contributed by atoms with Crippen molar-refractivity contribution < 1.29 is 9.15 Å². The molecule has 11 aromatic carbocycles. The Balaban J connectivity index is 0.967. The number of furan rings is 1. The van der Waals surface area contributed by atoms with Crippen LogP contribution >= 0.6 is 11.3 Å². The average Bonchev–Trinajstić information content (AvgIpc) is 4.00. The molecule has 324 valence electrons. The van der Waals surface area contributed by atoms with Crippen LogP contribution in [0, 0.1) is 0 Å². The Hall–Kier alpha value is -8.90. The number of para-hydroxylation sites is 4. The third kappa shape index (κ3) is 6.28. The average molecular weight is 901 g/mol. The lowest BCUT2D eigenvalue weighted by molar-refractivity contribution is 0.487. The van der Waals surface area contributed by atoms with Crippen LogP contribution in [-0.2, 0) is 0 Å². The first-order valence-corrected chi connectivity index (χ1v) is 24.1. The Bertz CT molecular complexity index is 4140. The first kappa shape index (κ1) is 39.3. The maximum absolute atomic E-state index is 7.15. The van der Waals surface area contributed by atoms with Crippen LogP contribution in [0.4, 0.5) is 34.1 Å². The molecule has 0 saturated carbocycles. The van der Waals surface area contributed by atoms with Crippen molar-refractivity contribution in [3.8, 4) is 44.9 Å². The quantitative estimate of drug-likeness (QED) is 0.152. The van der Waals surface area contributed by atoms with Crippen molar-refractivity contribution in [3.63, 3.8) is 0 Å². The topological polar surface area (TPSA) is 28.9 Å². The third-order valence-electron chi connectivity index (χ3n) is 13.7. The largest absolute Gasteiger partial charge is 0.456 e. The Morgan fingerprint density at radius 2 is 0.913 bits per heavy atom. The van der Waals surface area contributed by atoms with Gasteiger partial charge in [0.1, 0.15) is 17.1 Å². The molecule has 0 aliphatic carbocycles. The van der Waals surface area contributed by atoms with Gasteiger partial charge < -0.3 is 19.0 Å². The molecule has 5 heteroatoms. The number of hydrogen-bond donors (Lipinski definition) is 0. The molecule has 0 unspecified atom stereocenters. The van der Waals surface area contributed by atoms with E-state index in [0.29, 0.717) is 0 Å². The molecule has 13 aromatic rings. The number of nitrogens with zero attached hydrogens (tertiary/aromatic N) is 2. The minimum atomic E-state index is 0.810. The highest BCUT2D eigenvalue weighted by Gasteiger charge is 2.29. The molecule has 69 heavy (non-hydrogen) atoms. The highest BCUT2D eigenvalue weighted by Crippen LogP contribution is 2.55. The van der Waals surface area contributed by atoms with Gasteiger partial charge in [-0.05, 0) is 77.4 Å². The van der Waals surface area contributed by atoms with E-state index in [4.69, 9.17) is 9.15 Å². The second-order valence-corrected chi connectivity index (χ2v) is 18.6. The van der Waals surface area contributed by atoms with Crippen molar-refractivity contribution in [2.75, 3.05) is 9.80 Å². The number of thiophene rings is 1. The van der Waals surface area contributed by atoms with Crippen molar-refractivity contribution >= 4 is 98.3 Å².